The molecule has 1 atom stereocenters. The van der Waals surface area contributed by atoms with Crippen molar-refractivity contribution in [2.24, 2.45) is 11.8 Å². The predicted octanol–water partition coefficient (Wildman–Crippen LogP) is 1.71. The van der Waals surface area contributed by atoms with Crippen molar-refractivity contribution < 1.29 is 19.4 Å². The van der Waals surface area contributed by atoms with Crippen LogP contribution in [0, 0.1) is 11.8 Å². The molecule has 0 radical (unpaired) electrons. The zero-order chi connectivity index (χ0) is 14.2. The average molecular weight is 281 g/mol. The second-order valence-corrected chi connectivity index (χ2v) is 6.65. The summed E-state index contributed by atoms with van der Waals surface area (Å²) in [4.78, 5) is 23.1. The fraction of sp³-hybridized carbons (Fsp3) is 0.867. The highest BCUT2D eigenvalue weighted by Crippen LogP contribution is 2.46. The first kappa shape index (κ1) is 13.9. The summed E-state index contributed by atoms with van der Waals surface area (Å²) in [5.41, 5.74) is -0.283. The third kappa shape index (κ3) is 2.68. The quantitative estimate of drug-likeness (QED) is 0.825. The number of carboxylic acids is 1. The van der Waals surface area contributed by atoms with Gasteiger partial charge in [0, 0.05) is 18.6 Å². The van der Waals surface area contributed by atoms with Crippen molar-refractivity contribution in [1.29, 1.82) is 0 Å². The molecule has 0 bridgehead atoms. The van der Waals surface area contributed by atoms with Crippen molar-refractivity contribution in [1.82, 2.24) is 5.32 Å². The molecule has 20 heavy (non-hydrogen) atoms. The Morgan fingerprint density at radius 1 is 1.05 bits per heavy atom. The van der Waals surface area contributed by atoms with Crippen LogP contribution < -0.4 is 5.32 Å². The van der Waals surface area contributed by atoms with E-state index in [1.807, 2.05) is 0 Å². The number of ether oxygens (including phenoxy) is 1. The van der Waals surface area contributed by atoms with Gasteiger partial charge in [-0.15, -0.1) is 0 Å². The summed E-state index contributed by atoms with van der Waals surface area (Å²) in [5.74, 6) is -0.601. The lowest BCUT2D eigenvalue weighted by molar-refractivity contribution is -0.182. The topological polar surface area (TPSA) is 75.6 Å². The van der Waals surface area contributed by atoms with Crippen molar-refractivity contribution in [2.75, 3.05) is 6.61 Å². The van der Waals surface area contributed by atoms with Crippen LogP contribution in [-0.4, -0.2) is 35.2 Å². The van der Waals surface area contributed by atoms with Crippen molar-refractivity contribution in [3.63, 3.8) is 0 Å². The number of carbonyl (C=O) groups is 2. The van der Waals surface area contributed by atoms with Crippen LogP contribution in [0.3, 0.4) is 0 Å². The van der Waals surface area contributed by atoms with E-state index in [4.69, 9.17) is 9.84 Å². The van der Waals surface area contributed by atoms with Gasteiger partial charge in [-0.2, -0.15) is 0 Å². The molecule has 5 nitrogen and oxygen atoms in total. The maximum atomic E-state index is 12.2. The predicted molar refractivity (Wildman–Crippen MR) is 72.2 cm³/mol. The Hall–Kier alpha value is -1.10. The van der Waals surface area contributed by atoms with Crippen molar-refractivity contribution in [3.8, 4) is 0 Å². The van der Waals surface area contributed by atoms with Gasteiger partial charge in [0.25, 0.3) is 0 Å². The molecule has 0 aromatic heterocycles. The Balaban J connectivity index is 1.51. The van der Waals surface area contributed by atoms with E-state index in [0.29, 0.717) is 19.4 Å². The molecule has 1 aliphatic heterocycles. The minimum absolute atomic E-state index is 0.159. The summed E-state index contributed by atoms with van der Waals surface area (Å²) < 4.78 is 5.80. The van der Waals surface area contributed by atoms with Crippen LogP contribution in [0.4, 0.5) is 0 Å². The molecule has 2 aliphatic carbocycles. The molecule has 2 N–H and O–H groups in total. The van der Waals surface area contributed by atoms with Gasteiger partial charge < -0.3 is 15.2 Å². The first-order chi connectivity index (χ1) is 9.58. The van der Waals surface area contributed by atoms with Crippen LogP contribution in [0.5, 0.6) is 0 Å². The van der Waals surface area contributed by atoms with Gasteiger partial charge in [0.1, 0.15) is 0 Å². The summed E-state index contributed by atoms with van der Waals surface area (Å²) in [5, 5.41) is 12.1. The van der Waals surface area contributed by atoms with Gasteiger partial charge in [0.15, 0.2) is 0 Å². The SMILES string of the molecule is O=C(O)C1CC2(CC(NC(=O)C3CCCC3)CCO2)C1. The van der Waals surface area contributed by atoms with E-state index >= 15 is 0 Å². The highest BCUT2D eigenvalue weighted by molar-refractivity contribution is 5.79. The van der Waals surface area contributed by atoms with Gasteiger partial charge in [-0.3, -0.25) is 9.59 Å². The van der Waals surface area contributed by atoms with Crippen molar-refractivity contribution in [3.05, 3.63) is 0 Å². The Bertz CT molecular complexity index is 397. The molecule has 2 saturated carbocycles. The van der Waals surface area contributed by atoms with E-state index < -0.39 is 5.97 Å². The summed E-state index contributed by atoms with van der Waals surface area (Å²) in [6.45, 7) is 0.627. The molecule has 1 heterocycles. The lowest BCUT2D eigenvalue weighted by Gasteiger charge is -2.50. The van der Waals surface area contributed by atoms with Crippen LogP contribution in [-0.2, 0) is 14.3 Å². The van der Waals surface area contributed by atoms with Crippen LogP contribution in [0.1, 0.15) is 51.4 Å². The van der Waals surface area contributed by atoms with Gasteiger partial charge in [-0.05, 0) is 38.5 Å². The lowest BCUT2D eigenvalue weighted by Crippen LogP contribution is -2.56. The minimum Gasteiger partial charge on any atom is -0.481 e. The maximum absolute atomic E-state index is 12.2. The standard InChI is InChI=1S/C15H23NO4/c17-13(10-3-1-2-4-10)16-12-5-6-20-15(9-12)7-11(8-15)14(18)19/h10-12H,1-9H2,(H,16,17)(H,18,19). The number of aliphatic carboxylic acids is 1. The van der Waals surface area contributed by atoms with Crippen molar-refractivity contribution in [2.45, 2.75) is 63.0 Å². The summed E-state index contributed by atoms with van der Waals surface area (Å²) >= 11 is 0. The lowest BCUT2D eigenvalue weighted by atomic mass is 9.66. The van der Waals surface area contributed by atoms with Crippen molar-refractivity contribution >= 4 is 11.9 Å². The van der Waals surface area contributed by atoms with E-state index in [1.165, 1.54) is 0 Å². The number of rotatable bonds is 3. The second kappa shape index (κ2) is 5.35. The minimum atomic E-state index is -0.726. The van der Waals surface area contributed by atoms with Crippen LogP contribution in [0.2, 0.25) is 0 Å². The van der Waals surface area contributed by atoms with Gasteiger partial charge in [0.05, 0.1) is 11.5 Å². The Morgan fingerprint density at radius 3 is 2.40 bits per heavy atom. The first-order valence-corrected chi connectivity index (χ1v) is 7.75. The second-order valence-electron chi connectivity index (χ2n) is 6.65. The molecular formula is C15H23NO4. The third-order valence-corrected chi connectivity index (χ3v) is 5.15. The molecule has 0 aromatic carbocycles. The smallest absolute Gasteiger partial charge is 0.306 e. The molecule has 1 spiro atoms. The van der Waals surface area contributed by atoms with Gasteiger partial charge >= 0.3 is 5.97 Å². The molecular weight excluding hydrogens is 258 g/mol. The van der Waals surface area contributed by atoms with Gasteiger partial charge in [-0.25, -0.2) is 0 Å². The third-order valence-electron chi connectivity index (χ3n) is 5.15. The fourth-order valence-electron chi connectivity index (χ4n) is 3.96. The molecule has 0 aromatic rings. The molecule has 112 valence electrons. The van der Waals surface area contributed by atoms with Crippen LogP contribution in [0.25, 0.3) is 0 Å². The maximum Gasteiger partial charge on any atom is 0.306 e. The van der Waals surface area contributed by atoms with Crippen LogP contribution >= 0.6 is 0 Å². The van der Waals surface area contributed by atoms with E-state index in [9.17, 15) is 9.59 Å². The van der Waals surface area contributed by atoms with E-state index in [0.717, 1.165) is 38.5 Å². The first-order valence-electron chi connectivity index (χ1n) is 7.75. The number of hydrogen-bond donors (Lipinski definition) is 2. The highest BCUT2D eigenvalue weighted by Gasteiger charge is 2.51. The molecule has 3 aliphatic rings. The summed E-state index contributed by atoms with van der Waals surface area (Å²) in [7, 11) is 0. The Labute approximate surface area is 119 Å². The zero-order valence-corrected chi connectivity index (χ0v) is 11.8. The molecule has 1 amide bonds. The van der Waals surface area contributed by atoms with Gasteiger partial charge in [0.2, 0.25) is 5.91 Å². The fourth-order valence-corrected chi connectivity index (χ4v) is 3.96. The Morgan fingerprint density at radius 2 is 1.75 bits per heavy atom. The van der Waals surface area contributed by atoms with Gasteiger partial charge in [-0.1, -0.05) is 12.8 Å². The zero-order valence-electron chi connectivity index (χ0n) is 11.8. The summed E-state index contributed by atoms with van der Waals surface area (Å²) in [6.07, 6.45) is 7.16. The normalized spacial score (nSPS) is 37.6. The van der Waals surface area contributed by atoms with E-state index in [-0.39, 0.29) is 29.4 Å². The molecule has 1 unspecified atom stereocenters. The van der Waals surface area contributed by atoms with E-state index in [1.54, 1.807) is 0 Å². The number of carbonyl (C=O) groups excluding carboxylic acids is 1. The number of amides is 1. The molecule has 3 fully saturated rings. The highest BCUT2D eigenvalue weighted by atomic mass is 16.5. The van der Waals surface area contributed by atoms with Crippen LogP contribution in [0.15, 0.2) is 0 Å². The molecule has 1 saturated heterocycles. The molecule has 3 rings (SSSR count). The van der Waals surface area contributed by atoms with E-state index in [2.05, 4.69) is 5.32 Å². The molecule has 5 heteroatoms. The average Bonchev–Trinajstić information content (AvgIpc) is 2.89. The monoisotopic (exact) mass is 281 g/mol. The number of carboxylic acid groups (broad SMARTS) is 1. The largest absolute Gasteiger partial charge is 0.481 e. The summed E-state index contributed by atoms with van der Waals surface area (Å²) in [6, 6.07) is 0.159. The Kier molecular flexibility index (Phi) is 3.71. The number of hydrogen-bond acceptors (Lipinski definition) is 3. The number of nitrogens with one attached hydrogen (secondary N) is 1.